The molecule has 0 saturated heterocycles. The van der Waals surface area contributed by atoms with Gasteiger partial charge in [0.2, 0.25) is 0 Å². The fraction of sp³-hybridized carbons (Fsp3) is 0.0323. The van der Waals surface area contributed by atoms with Gasteiger partial charge >= 0.3 is 0 Å². The minimum absolute atomic E-state index is 0.425. The molecule has 0 aliphatic heterocycles. The van der Waals surface area contributed by atoms with Crippen molar-refractivity contribution in [3.05, 3.63) is 143 Å². The van der Waals surface area contributed by atoms with E-state index in [4.69, 9.17) is 16.0 Å². The maximum Gasteiger partial charge on any atom is 0.143 e. The van der Waals surface area contributed by atoms with E-state index in [9.17, 15) is 0 Å². The van der Waals surface area contributed by atoms with Crippen molar-refractivity contribution in [2.45, 2.75) is 5.41 Å². The van der Waals surface area contributed by atoms with Crippen molar-refractivity contribution in [3.63, 3.8) is 0 Å². The zero-order valence-electron chi connectivity index (χ0n) is 17.8. The molecule has 0 spiro atoms. The maximum atomic E-state index is 6.62. The number of hydrogen-bond acceptors (Lipinski definition) is 1. The van der Waals surface area contributed by atoms with Gasteiger partial charge in [-0.25, -0.2) is 0 Å². The molecule has 1 aromatic heterocycles. The minimum Gasteiger partial charge on any atom is -0.455 e. The molecule has 0 saturated carbocycles. The average molecular weight is 443 g/mol. The summed E-state index contributed by atoms with van der Waals surface area (Å²) >= 11 is 6.62. The van der Waals surface area contributed by atoms with Crippen molar-refractivity contribution in [3.8, 4) is 11.1 Å². The van der Waals surface area contributed by atoms with E-state index in [1.807, 2.05) is 18.2 Å². The van der Waals surface area contributed by atoms with E-state index in [1.165, 1.54) is 27.8 Å². The van der Waals surface area contributed by atoms with Crippen LogP contribution < -0.4 is 0 Å². The summed E-state index contributed by atoms with van der Waals surface area (Å²) in [4.78, 5) is 0. The second-order valence-electron chi connectivity index (χ2n) is 8.61. The number of hydrogen-bond donors (Lipinski definition) is 0. The van der Waals surface area contributed by atoms with Crippen molar-refractivity contribution in [2.75, 3.05) is 0 Å². The lowest BCUT2D eigenvalue weighted by atomic mass is 9.68. The number of fused-ring (bicyclic) bond motifs is 7. The Bertz CT molecular complexity index is 1620. The van der Waals surface area contributed by atoms with Crippen LogP contribution in [0.2, 0.25) is 5.02 Å². The molecule has 1 aliphatic carbocycles. The van der Waals surface area contributed by atoms with E-state index in [0.717, 1.165) is 32.5 Å². The van der Waals surface area contributed by atoms with Gasteiger partial charge in [-0.3, -0.25) is 0 Å². The van der Waals surface area contributed by atoms with Gasteiger partial charge in [-0.15, -0.1) is 0 Å². The third-order valence-electron chi connectivity index (χ3n) is 7.03. The van der Waals surface area contributed by atoms with Gasteiger partial charge in [-0.1, -0.05) is 115 Å². The largest absolute Gasteiger partial charge is 0.455 e. The molecule has 2 heteroatoms. The highest BCUT2D eigenvalue weighted by Gasteiger charge is 2.47. The Morgan fingerprint density at radius 3 is 1.97 bits per heavy atom. The molecule has 33 heavy (non-hydrogen) atoms. The van der Waals surface area contributed by atoms with Crippen LogP contribution in [0, 0.1) is 0 Å². The van der Waals surface area contributed by atoms with Crippen LogP contribution in [0.3, 0.4) is 0 Å². The quantitative estimate of drug-likeness (QED) is 0.261. The van der Waals surface area contributed by atoms with Crippen molar-refractivity contribution >= 4 is 33.5 Å². The Morgan fingerprint density at radius 2 is 1.24 bits per heavy atom. The van der Waals surface area contributed by atoms with Crippen LogP contribution >= 0.6 is 11.6 Å². The van der Waals surface area contributed by atoms with E-state index in [2.05, 4.69) is 97.1 Å². The van der Waals surface area contributed by atoms with E-state index in [-0.39, 0.29) is 0 Å². The molecule has 1 nitrogen and oxygen atoms in total. The highest BCUT2D eigenvalue weighted by atomic mass is 35.5. The highest BCUT2D eigenvalue weighted by molar-refractivity contribution is 6.38. The molecule has 156 valence electrons. The topological polar surface area (TPSA) is 13.1 Å². The third kappa shape index (κ3) is 2.38. The molecule has 0 atom stereocenters. The predicted octanol–water partition coefficient (Wildman–Crippen LogP) is 8.60. The molecule has 0 N–H and O–H groups in total. The predicted molar refractivity (Wildman–Crippen MR) is 136 cm³/mol. The Balaban J connectivity index is 1.71. The molecule has 0 amide bonds. The fourth-order valence-electron chi connectivity index (χ4n) is 5.76. The zero-order chi connectivity index (χ0) is 22.0. The van der Waals surface area contributed by atoms with E-state index >= 15 is 0 Å². The third-order valence-corrected chi connectivity index (χ3v) is 7.35. The van der Waals surface area contributed by atoms with Crippen molar-refractivity contribution in [1.82, 2.24) is 0 Å². The molecule has 0 radical (unpaired) electrons. The van der Waals surface area contributed by atoms with E-state index < -0.39 is 5.41 Å². The smallest absolute Gasteiger partial charge is 0.143 e. The molecule has 1 aliphatic rings. The average Bonchev–Trinajstić information content (AvgIpc) is 3.40. The lowest BCUT2D eigenvalue weighted by Gasteiger charge is -2.33. The van der Waals surface area contributed by atoms with Crippen molar-refractivity contribution in [1.29, 1.82) is 0 Å². The van der Waals surface area contributed by atoms with Gasteiger partial charge in [0.05, 0.1) is 10.4 Å². The van der Waals surface area contributed by atoms with Crippen LogP contribution in [0.15, 0.2) is 120 Å². The molecule has 1 heterocycles. The van der Waals surface area contributed by atoms with Gasteiger partial charge in [0, 0.05) is 16.3 Å². The summed E-state index contributed by atoms with van der Waals surface area (Å²) in [6.45, 7) is 0. The van der Waals surface area contributed by atoms with Crippen LogP contribution in [-0.2, 0) is 5.41 Å². The summed E-state index contributed by atoms with van der Waals surface area (Å²) in [6, 6.07) is 40.6. The Labute approximate surface area is 196 Å². The van der Waals surface area contributed by atoms with Crippen molar-refractivity contribution < 1.29 is 4.42 Å². The monoisotopic (exact) mass is 442 g/mol. The molecule has 7 rings (SSSR count). The first-order valence-electron chi connectivity index (χ1n) is 11.2. The molecule has 6 aromatic rings. The van der Waals surface area contributed by atoms with Gasteiger partial charge in [0.1, 0.15) is 11.2 Å². The fourth-order valence-corrected chi connectivity index (χ4v) is 6.03. The second-order valence-corrected chi connectivity index (χ2v) is 9.01. The molecule has 0 bridgehead atoms. The first-order valence-corrected chi connectivity index (χ1v) is 11.5. The molecular weight excluding hydrogens is 424 g/mol. The molecular formula is C31H19ClO. The SMILES string of the molecule is Clc1cccc2oc3c4c(ccc3c12)C(c1ccccc1)(c1ccccc1)c1ccccc1-4. The normalized spacial score (nSPS) is 13.8. The van der Waals surface area contributed by atoms with Crippen LogP contribution in [0.1, 0.15) is 22.3 Å². The maximum absolute atomic E-state index is 6.62. The summed E-state index contributed by atoms with van der Waals surface area (Å²) in [6.07, 6.45) is 0. The van der Waals surface area contributed by atoms with Gasteiger partial charge in [-0.2, -0.15) is 0 Å². The highest BCUT2D eigenvalue weighted by Crippen LogP contribution is 2.58. The minimum atomic E-state index is -0.425. The van der Waals surface area contributed by atoms with Gasteiger partial charge in [-0.05, 0) is 39.9 Å². The summed E-state index contributed by atoms with van der Waals surface area (Å²) in [7, 11) is 0. The van der Waals surface area contributed by atoms with Crippen LogP contribution in [0.5, 0.6) is 0 Å². The van der Waals surface area contributed by atoms with Crippen LogP contribution in [0.4, 0.5) is 0 Å². The molecule has 5 aromatic carbocycles. The van der Waals surface area contributed by atoms with Crippen LogP contribution in [-0.4, -0.2) is 0 Å². The number of benzene rings is 5. The number of rotatable bonds is 2. The summed E-state index contributed by atoms with van der Waals surface area (Å²) in [5.41, 5.74) is 8.67. The molecule has 0 unspecified atom stereocenters. The Kier molecular flexibility index (Phi) is 3.88. The van der Waals surface area contributed by atoms with Crippen LogP contribution in [0.25, 0.3) is 33.1 Å². The summed E-state index contributed by atoms with van der Waals surface area (Å²) < 4.78 is 6.51. The lowest BCUT2D eigenvalue weighted by Crippen LogP contribution is -2.28. The van der Waals surface area contributed by atoms with E-state index in [1.54, 1.807) is 0 Å². The van der Waals surface area contributed by atoms with Gasteiger partial charge in [0.15, 0.2) is 0 Å². The Morgan fingerprint density at radius 1 is 0.576 bits per heavy atom. The van der Waals surface area contributed by atoms with Crippen molar-refractivity contribution in [2.24, 2.45) is 0 Å². The first-order chi connectivity index (χ1) is 16.3. The summed E-state index contributed by atoms with van der Waals surface area (Å²) in [5, 5.41) is 2.75. The summed E-state index contributed by atoms with van der Waals surface area (Å²) in [5.74, 6) is 0. The molecule has 0 fully saturated rings. The Hall–Kier alpha value is -3.81. The van der Waals surface area contributed by atoms with E-state index in [0.29, 0.717) is 0 Å². The number of halogens is 1. The van der Waals surface area contributed by atoms with Gasteiger partial charge < -0.3 is 4.42 Å². The first kappa shape index (κ1) is 18.7. The number of furan rings is 1. The lowest BCUT2D eigenvalue weighted by molar-refractivity contribution is 0.669. The standard InChI is InChI=1S/C31H19ClO/c32-26-16-9-17-27-29(26)23-18-19-25-28(30(23)33-27)22-14-7-8-15-24(22)31(25,20-10-3-1-4-11-20)21-12-5-2-6-13-21/h1-19H. The van der Waals surface area contributed by atoms with Gasteiger partial charge in [0.25, 0.3) is 0 Å². The zero-order valence-corrected chi connectivity index (χ0v) is 18.5. The second kappa shape index (κ2) is 6.84.